The molecule has 1 heterocycles. The first-order chi connectivity index (χ1) is 10.1. The number of para-hydroxylation sites is 1. The van der Waals surface area contributed by atoms with Crippen LogP contribution in [0.2, 0.25) is 0 Å². The summed E-state index contributed by atoms with van der Waals surface area (Å²) in [6.45, 7) is 4.52. The van der Waals surface area contributed by atoms with Crippen molar-refractivity contribution >= 4 is 0 Å². The van der Waals surface area contributed by atoms with Gasteiger partial charge in [0.05, 0.1) is 17.6 Å². The average molecular weight is 285 g/mol. The van der Waals surface area contributed by atoms with Gasteiger partial charge in [0.25, 0.3) is 0 Å². The van der Waals surface area contributed by atoms with Gasteiger partial charge in [-0.25, -0.2) is 4.68 Å². The van der Waals surface area contributed by atoms with Crippen molar-refractivity contribution < 1.29 is 5.11 Å². The molecule has 1 N–H and O–H groups in total. The Balaban J connectivity index is 1.92. The van der Waals surface area contributed by atoms with Gasteiger partial charge in [0.15, 0.2) is 0 Å². The van der Waals surface area contributed by atoms with Crippen LogP contribution in [0.25, 0.3) is 5.69 Å². The molecule has 1 aromatic heterocycles. The summed E-state index contributed by atoms with van der Waals surface area (Å²) in [5, 5.41) is 19.1. The molecule has 0 spiro atoms. The molecule has 0 amide bonds. The number of aliphatic hydroxyl groups excluding tert-OH is 1. The topological polar surface area (TPSA) is 50.9 Å². The van der Waals surface area contributed by atoms with Crippen LogP contribution < -0.4 is 0 Å². The lowest BCUT2D eigenvalue weighted by molar-refractivity contribution is 0.000183. The predicted molar refractivity (Wildman–Crippen MR) is 82.1 cm³/mol. The highest BCUT2D eigenvalue weighted by Gasteiger charge is 2.38. The molecule has 1 fully saturated rings. The highest BCUT2D eigenvalue weighted by Crippen LogP contribution is 2.46. The molecule has 4 heteroatoms. The molecule has 4 nitrogen and oxygen atoms in total. The van der Waals surface area contributed by atoms with Crippen molar-refractivity contribution in [3.63, 3.8) is 0 Å². The van der Waals surface area contributed by atoms with E-state index in [1.807, 2.05) is 30.3 Å². The van der Waals surface area contributed by atoms with E-state index in [2.05, 4.69) is 24.2 Å². The number of rotatable bonds is 3. The SMILES string of the molecule is CC1(C)CCCCC1C(O)c1cnnn1-c1ccccc1. The van der Waals surface area contributed by atoms with Crippen molar-refractivity contribution in [2.24, 2.45) is 11.3 Å². The first-order valence-electron chi connectivity index (χ1n) is 7.74. The second-order valence-corrected chi connectivity index (χ2v) is 6.69. The molecule has 1 aromatic carbocycles. The summed E-state index contributed by atoms with van der Waals surface area (Å²) in [4.78, 5) is 0. The fraction of sp³-hybridized carbons (Fsp3) is 0.529. The van der Waals surface area contributed by atoms with Crippen LogP contribution in [0, 0.1) is 11.3 Å². The number of aromatic nitrogens is 3. The third-order valence-electron chi connectivity index (χ3n) is 4.85. The zero-order valence-corrected chi connectivity index (χ0v) is 12.7. The second-order valence-electron chi connectivity index (χ2n) is 6.69. The number of nitrogens with zero attached hydrogens (tertiary/aromatic N) is 3. The van der Waals surface area contributed by atoms with E-state index in [9.17, 15) is 5.11 Å². The molecule has 2 atom stereocenters. The minimum absolute atomic E-state index is 0.156. The van der Waals surface area contributed by atoms with Gasteiger partial charge in [-0.15, -0.1) is 5.10 Å². The molecule has 0 bridgehead atoms. The third kappa shape index (κ3) is 2.72. The molecule has 21 heavy (non-hydrogen) atoms. The van der Waals surface area contributed by atoms with E-state index in [-0.39, 0.29) is 11.3 Å². The summed E-state index contributed by atoms with van der Waals surface area (Å²) < 4.78 is 1.76. The van der Waals surface area contributed by atoms with E-state index in [0.717, 1.165) is 17.8 Å². The van der Waals surface area contributed by atoms with Gasteiger partial charge in [-0.1, -0.05) is 50.1 Å². The van der Waals surface area contributed by atoms with Gasteiger partial charge in [-0.2, -0.15) is 0 Å². The summed E-state index contributed by atoms with van der Waals surface area (Å²) in [5.74, 6) is 0.257. The fourth-order valence-corrected chi connectivity index (χ4v) is 3.53. The predicted octanol–water partition coefficient (Wildman–Crippen LogP) is 3.52. The molecule has 0 aliphatic heterocycles. The van der Waals surface area contributed by atoms with E-state index in [1.54, 1.807) is 10.9 Å². The first kappa shape index (κ1) is 14.3. The molecule has 0 radical (unpaired) electrons. The Kier molecular flexibility index (Phi) is 3.81. The first-order valence-corrected chi connectivity index (χ1v) is 7.74. The molecule has 2 aromatic rings. The molecule has 112 valence electrons. The summed E-state index contributed by atoms with van der Waals surface area (Å²) in [6, 6.07) is 9.88. The lowest BCUT2D eigenvalue weighted by atomic mass is 9.66. The zero-order chi connectivity index (χ0) is 14.9. The van der Waals surface area contributed by atoms with E-state index in [1.165, 1.54) is 19.3 Å². The molecule has 2 unspecified atom stereocenters. The van der Waals surface area contributed by atoms with Gasteiger partial charge < -0.3 is 5.11 Å². The van der Waals surface area contributed by atoms with Gasteiger partial charge in [0.1, 0.15) is 6.10 Å². The van der Waals surface area contributed by atoms with Crippen molar-refractivity contribution in [2.45, 2.75) is 45.6 Å². The van der Waals surface area contributed by atoms with Crippen molar-refractivity contribution in [3.05, 3.63) is 42.2 Å². The number of aliphatic hydroxyl groups is 1. The van der Waals surface area contributed by atoms with Crippen LogP contribution in [0.15, 0.2) is 36.5 Å². The molecule has 1 saturated carbocycles. The van der Waals surface area contributed by atoms with Crippen molar-refractivity contribution in [1.82, 2.24) is 15.0 Å². The molecular weight excluding hydrogens is 262 g/mol. The van der Waals surface area contributed by atoms with Crippen LogP contribution in [0.5, 0.6) is 0 Å². The van der Waals surface area contributed by atoms with E-state index >= 15 is 0 Å². The maximum Gasteiger partial charge on any atom is 0.101 e. The second kappa shape index (κ2) is 5.60. The minimum Gasteiger partial charge on any atom is -0.386 e. The van der Waals surface area contributed by atoms with E-state index in [4.69, 9.17) is 0 Å². The van der Waals surface area contributed by atoms with Gasteiger partial charge in [-0.3, -0.25) is 0 Å². The third-order valence-corrected chi connectivity index (χ3v) is 4.85. The molecule has 0 saturated heterocycles. The maximum absolute atomic E-state index is 10.9. The standard InChI is InChI=1S/C17H23N3O/c1-17(2)11-7-6-10-14(17)16(21)15-12-18-19-20(15)13-8-4-3-5-9-13/h3-5,8-9,12,14,16,21H,6-7,10-11H2,1-2H3. The number of hydrogen-bond donors (Lipinski definition) is 1. The van der Waals surface area contributed by atoms with Crippen molar-refractivity contribution in [1.29, 1.82) is 0 Å². The van der Waals surface area contributed by atoms with Crippen LogP contribution >= 0.6 is 0 Å². The summed E-state index contributed by atoms with van der Waals surface area (Å²) in [6.07, 6.45) is 5.86. The smallest absolute Gasteiger partial charge is 0.101 e. The van der Waals surface area contributed by atoms with Gasteiger partial charge in [-0.05, 0) is 36.3 Å². The molecule has 3 rings (SSSR count). The highest BCUT2D eigenvalue weighted by molar-refractivity contribution is 5.32. The van der Waals surface area contributed by atoms with Crippen molar-refractivity contribution in [2.75, 3.05) is 0 Å². The Morgan fingerprint density at radius 2 is 2.00 bits per heavy atom. The Labute approximate surface area is 125 Å². The largest absolute Gasteiger partial charge is 0.386 e. The van der Waals surface area contributed by atoms with Crippen molar-refractivity contribution in [3.8, 4) is 5.69 Å². The van der Waals surface area contributed by atoms with Crippen LogP contribution in [0.4, 0.5) is 0 Å². The normalized spacial score (nSPS) is 22.9. The summed E-state index contributed by atoms with van der Waals surface area (Å²) in [5.41, 5.74) is 1.89. The van der Waals surface area contributed by atoms with Gasteiger partial charge in [0, 0.05) is 0 Å². The Morgan fingerprint density at radius 3 is 2.71 bits per heavy atom. The monoisotopic (exact) mass is 285 g/mol. The van der Waals surface area contributed by atoms with Crippen LogP contribution in [-0.2, 0) is 0 Å². The van der Waals surface area contributed by atoms with Crippen LogP contribution in [0.1, 0.15) is 51.3 Å². The highest BCUT2D eigenvalue weighted by atomic mass is 16.3. The Hall–Kier alpha value is -1.68. The maximum atomic E-state index is 10.9. The average Bonchev–Trinajstić information content (AvgIpc) is 2.96. The molecule has 1 aliphatic carbocycles. The van der Waals surface area contributed by atoms with Crippen LogP contribution in [-0.4, -0.2) is 20.1 Å². The van der Waals surface area contributed by atoms with Crippen LogP contribution in [0.3, 0.4) is 0 Å². The Morgan fingerprint density at radius 1 is 1.24 bits per heavy atom. The molecular formula is C17H23N3O. The summed E-state index contributed by atoms with van der Waals surface area (Å²) in [7, 11) is 0. The number of benzene rings is 1. The van der Waals surface area contributed by atoms with Gasteiger partial charge >= 0.3 is 0 Å². The van der Waals surface area contributed by atoms with E-state index < -0.39 is 6.10 Å². The minimum atomic E-state index is -0.518. The fourth-order valence-electron chi connectivity index (χ4n) is 3.53. The summed E-state index contributed by atoms with van der Waals surface area (Å²) >= 11 is 0. The zero-order valence-electron chi connectivity index (χ0n) is 12.7. The number of hydrogen-bond acceptors (Lipinski definition) is 3. The lowest BCUT2D eigenvalue weighted by Crippen LogP contribution is -2.33. The quantitative estimate of drug-likeness (QED) is 0.938. The van der Waals surface area contributed by atoms with Gasteiger partial charge in [0.2, 0.25) is 0 Å². The Bertz CT molecular complexity index is 591. The van der Waals surface area contributed by atoms with E-state index in [0.29, 0.717) is 0 Å². The lowest BCUT2D eigenvalue weighted by Gasteiger charge is -2.41. The molecule has 1 aliphatic rings.